The average molecular weight is 380 g/mol. The number of carbonyl (C=O) groups is 3. The van der Waals surface area contributed by atoms with E-state index < -0.39 is 24.5 Å². The third kappa shape index (κ3) is 4.34. The van der Waals surface area contributed by atoms with Crippen molar-refractivity contribution in [2.45, 2.75) is 6.42 Å². The van der Waals surface area contributed by atoms with Crippen molar-refractivity contribution in [2.75, 3.05) is 19.7 Å². The number of thiazole rings is 1. The van der Waals surface area contributed by atoms with Crippen LogP contribution in [0.1, 0.15) is 5.69 Å². The first kappa shape index (κ1) is 17.4. The highest BCUT2D eigenvalue weighted by molar-refractivity contribution is 7.13. The van der Waals surface area contributed by atoms with Crippen LogP contribution < -0.4 is 5.32 Å². The van der Waals surface area contributed by atoms with Gasteiger partial charge in [-0.1, -0.05) is 23.7 Å². The molecular formula is C16H14ClN3O4S. The molecule has 0 radical (unpaired) electrons. The van der Waals surface area contributed by atoms with Crippen molar-refractivity contribution in [3.8, 4) is 10.6 Å². The number of urea groups is 1. The minimum absolute atomic E-state index is 0.0381. The Balaban J connectivity index is 1.52. The maximum atomic E-state index is 11.9. The first-order valence-electron chi connectivity index (χ1n) is 7.47. The number of ether oxygens (including phenoxy) is 1. The largest absolute Gasteiger partial charge is 0.455 e. The Morgan fingerprint density at radius 2 is 2.08 bits per heavy atom. The van der Waals surface area contributed by atoms with Gasteiger partial charge in [0.15, 0.2) is 6.61 Å². The summed E-state index contributed by atoms with van der Waals surface area (Å²) in [6.07, 6.45) is -0.0381. The molecule has 0 saturated carbocycles. The van der Waals surface area contributed by atoms with Gasteiger partial charge in [0.2, 0.25) is 0 Å². The molecule has 1 aliphatic heterocycles. The second-order valence-corrected chi connectivity index (χ2v) is 6.56. The average Bonchev–Trinajstić information content (AvgIpc) is 3.22. The number of hydrogen-bond donors (Lipinski definition) is 1. The SMILES string of the molecule is O=C(Cc1csc(-c2ccc(Cl)cc2)n1)OCC(=O)N1CCNC1=O. The summed E-state index contributed by atoms with van der Waals surface area (Å²) >= 11 is 7.26. The number of hydrogen-bond acceptors (Lipinski definition) is 6. The van der Waals surface area contributed by atoms with Crippen molar-refractivity contribution in [1.29, 1.82) is 0 Å². The Morgan fingerprint density at radius 1 is 1.32 bits per heavy atom. The number of aromatic nitrogens is 1. The van der Waals surface area contributed by atoms with Crippen molar-refractivity contribution < 1.29 is 19.1 Å². The molecule has 0 atom stereocenters. The molecule has 1 aliphatic rings. The molecule has 0 aliphatic carbocycles. The van der Waals surface area contributed by atoms with E-state index >= 15 is 0 Å². The van der Waals surface area contributed by atoms with Crippen LogP contribution in [0.15, 0.2) is 29.6 Å². The van der Waals surface area contributed by atoms with E-state index in [0.717, 1.165) is 15.5 Å². The van der Waals surface area contributed by atoms with Crippen molar-refractivity contribution in [1.82, 2.24) is 15.2 Å². The number of halogens is 1. The summed E-state index contributed by atoms with van der Waals surface area (Å²) < 4.78 is 4.94. The first-order chi connectivity index (χ1) is 12.0. The Morgan fingerprint density at radius 3 is 2.76 bits per heavy atom. The van der Waals surface area contributed by atoms with Crippen LogP contribution in [0, 0.1) is 0 Å². The van der Waals surface area contributed by atoms with E-state index in [0.29, 0.717) is 17.3 Å². The minimum Gasteiger partial charge on any atom is -0.455 e. The van der Waals surface area contributed by atoms with Crippen LogP contribution in [-0.2, 0) is 20.7 Å². The van der Waals surface area contributed by atoms with Gasteiger partial charge in [0.25, 0.3) is 5.91 Å². The highest BCUT2D eigenvalue weighted by Gasteiger charge is 2.26. The Labute approximate surface area is 152 Å². The predicted molar refractivity (Wildman–Crippen MR) is 92.3 cm³/mol. The topological polar surface area (TPSA) is 88.6 Å². The van der Waals surface area contributed by atoms with Crippen molar-refractivity contribution in [3.05, 3.63) is 40.4 Å². The van der Waals surface area contributed by atoms with Gasteiger partial charge in [0.05, 0.1) is 12.1 Å². The van der Waals surface area contributed by atoms with Gasteiger partial charge in [0.1, 0.15) is 5.01 Å². The number of carbonyl (C=O) groups excluding carboxylic acids is 3. The molecule has 7 nitrogen and oxygen atoms in total. The molecule has 1 aromatic carbocycles. The summed E-state index contributed by atoms with van der Waals surface area (Å²) in [6, 6.07) is 6.78. The van der Waals surface area contributed by atoms with Crippen molar-refractivity contribution >= 4 is 40.8 Å². The second-order valence-electron chi connectivity index (χ2n) is 5.27. The molecule has 3 amide bonds. The van der Waals surface area contributed by atoms with Gasteiger partial charge < -0.3 is 10.1 Å². The zero-order chi connectivity index (χ0) is 17.8. The van der Waals surface area contributed by atoms with E-state index in [1.54, 1.807) is 17.5 Å². The molecule has 1 aromatic heterocycles. The third-order valence-electron chi connectivity index (χ3n) is 3.48. The van der Waals surface area contributed by atoms with Gasteiger partial charge in [-0.3, -0.25) is 14.5 Å². The predicted octanol–water partition coefficient (Wildman–Crippen LogP) is 2.10. The number of benzene rings is 1. The summed E-state index contributed by atoms with van der Waals surface area (Å²) in [5.41, 5.74) is 1.47. The lowest BCUT2D eigenvalue weighted by Gasteiger charge is -2.11. The van der Waals surface area contributed by atoms with Crippen LogP contribution in [0.5, 0.6) is 0 Å². The van der Waals surface area contributed by atoms with E-state index in [2.05, 4.69) is 10.3 Å². The maximum absolute atomic E-state index is 11.9. The monoisotopic (exact) mass is 379 g/mol. The molecule has 0 spiro atoms. The van der Waals surface area contributed by atoms with Crippen LogP contribution in [0.25, 0.3) is 10.6 Å². The Bertz CT molecular complexity index is 806. The third-order valence-corrected chi connectivity index (χ3v) is 4.68. The fourth-order valence-corrected chi connectivity index (χ4v) is 3.19. The molecule has 0 unspecified atom stereocenters. The lowest BCUT2D eigenvalue weighted by Crippen LogP contribution is -2.37. The second kappa shape index (κ2) is 7.62. The number of nitrogens with zero attached hydrogens (tertiary/aromatic N) is 2. The van der Waals surface area contributed by atoms with E-state index in [4.69, 9.17) is 16.3 Å². The van der Waals surface area contributed by atoms with E-state index in [9.17, 15) is 14.4 Å². The quantitative estimate of drug-likeness (QED) is 0.804. The molecule has 130 valence electrons. The first-order valence-corrected chi connectivity index (χ1v) is 8.73. The fraction of sp³-hybridized carbons (Fsp3) is 0.250. The van der Waals surface area contributed by atoms with Gasteiger partial charge in [0, 0.05) is 29.1 Å². The molecule has 2 heterocycles. The molecule has 0 bridgehead atoms. The molecule has 3 rings (SSSR count). The normalized spacial score (nSPS) is 13.6. The van der Waals surface area contributed by atoms with Crippen molar-refractivity contribution in [2.24, 2.45) is 0 Å². The Kier molecular flexibility index (Phi) is 5.30. The van der Waals surface area contributed by atoms with Crippen LogP contribution in [0.2, 0.25) is 5.02 Å². The molecule has 25 heavy (non-hydrogen) atoms. The van der Waals surface area contributed by atoms with Gasteiger partial charge in [-0.15, -0.1) is 11.3 Å². The molecule has 2 aromatic rings. The molecular weight excluding hydrogens is 366 g/mol. The van der Waals surface area contributed by atoms with Gasteiger partial charge in [-0.25, -0.2) is 9.78 Å². The lowest BCUT2D eigenvalue weighted by atomic mass is 10.2. The Hall–Kier alpha value is -2.45. The smallest absolute Gasteiger partial charge is 0.324 e. The van der Waals surface area contributed by atoms with E-state index in [-0.39, 0.29) is 13.0 Å². The summed E-state index contributed by atoms with van der Waals surface area (Å²) in [6.45, 7) is 0.233. The van der Waals surface area contributed by atoms with Crippen LogP contribution in [-0.4, -0.2) is 47.5 Å². The fourth-order valence-electron chi connectivity index (χ4n) is 2.24. The number of rotatable bonds is 5. The van der Waals surface area contributed by atoms with Crippen molar-refractivity contribution in [3.63, 3.8) is 0 Å². The number of amides is 3. The number of nitrogens with one attached hydrogen (secondary N) is 1. The van der Waals surface area contributed by atoms with Gasteiger partial charge >= 0.3 is 12.0 Å². The maximum Gasteiger partial charge on any atom is 0.324 e. The van der Waals surface area contributed by atoms with Crippen LogP contribution in [0.3, 0.4) is 0 Å². The summed E-state index contributed by atoms with van der Waals surface area (Å²) in [5.74, 6) is -1.11. The molecule has 9 heteroatoms. The highest BCUT2D eigenvalue weighted by atomic mass is 35.5. The van der Waals surface area contributed by atoms with E-state index in [1.807, 2.05) is 12.1 Å². The zero-order valence-electron chi connectivity index (χ0n) is 13.0. The summed E-state index contributed by atoms with van der Waals surface area (Å²) in [5, 5.41) is 5.68. The standard InChI is InChI=1S/C16H14ClN3O4S/c17-11-3-1-10(2-4-11)15-19-12(9-25-15)7-14(22)24-8-13(21)20-6-5-18-16(20)23/h1-4,9H,5-8H2,(H,18,23). The van der Waals surface area contributed by atoms with Crippen LogP contribution in [0.4, 0.5) is 4.79 Å². The summed E-state index contributed by atoms with van der Waals surface area (Å²) in [7, 11) is 0. The minimum atomic E-state index is -0.569. The number of esters is 1. The molecule has 1 N–H and O–H groups in total. The van der Waals surface area contributed by atoms with E-state index in [1.165, 1.54) is 11.3 Å². The summed E-state index contributed by atoms with van der Waals surface area (Å²) in [4.78, 5) is 40.4. The number of imide groups is 1. The lowest BCUT2D eigenvalue weighted by molar-refractivity contribution is -0.150. The molecule has 1 fully saturated rings. The zero-order valence-corrected chi connectivity index (χ0v) is 14.6. The molecule has 1 saturated heterocycles. The highest BCUT2D eigenvalue weighted by Crippen LogP contribution is 2.25. The van der Waals surface area contributed by atoms with Crippen LogP contribution >= 0.6 is 22.9 Å². The van der Waals surface area contributed by atoms with Gasteiger partial charge in [-0.05, 0) is 12.1 Å². The van der Waals surface area contributed by atoms with Gasteiger partial charge in [-0.2, -0.15) is 0 Å².